The summed E-state index contributed by atoms with van der Waals surface area (Å²) in [7, 11) is 2.24. The second kappa shape index (κ2) is 10.1. The maximum atomic E-state index is 3.62. The van der Waals surface area contributed by atoms with Crippen molar-refractivity contribution >= 4 is 0 Å². The molecule has 0 radical (unpaired) electrons. The molecule has 98 valence electrons. The summed E-state index contributed by atoms with van der Waals surface area (Å²) < 4.78 is 0. The lowest BCUT2D eigenvalue weighted by Gasteiger charge is -2.21. The van der Waals surface area contributed by atoms with Gasteiger partial charge in [0.2, 0.25) is 0 Å². The average Bonchev–Trinajstić information content (AvgIpc) is 2.22. The van der Waals surface area contributed by atoms with Gasteiger partial charge >= 0.3 is 0 Å². The van der Waals surface area contributed by atoms with Crippen molar-refractivity contribution < 1.29 is 0 Å². The highest BCUT2D eigenvalue weighted by molar-refractivity contribution is 4.66. The number of rotatable bonds is 10. The van der Waals surface area contributed by atoms with Crippen LogP contribution >= 0.6 is 0 Å². The minimum atomic E-state index is 0.729. The molecule has 0 aliphatic carbocycles. The molecule has 1 atom stereocenters. The zero-order valence-corrected chi connectivity index (χ0v) is 12.1. The molecule has 1 unspecified atom stereocenters. The first-order chi connectivity index (χ1) is 7.60. The summed E-state index contributed by atoms with van der Waals surface area (Å²) in [5.74, 6) is 0.783. The first kappa shape index (κ1) is 15.9. The smallest absolute Gasteiger partial charge is 0.00649 e. The van der Waals surface area contributed by atoms with E-state index >= 15 is 0 Å². The van der Waals surface area contributed by atoms with Crippen molar-refractivity contribution in [2.45, 2.75) is 59.4 Å². The maximum absolute atomic E-state index is 3.62. The van der Waals surface area contributed by atoms with E-state index in [-0.39, 0.29) is 0 Å². The third-order valence-electron chi connectivity index (χ3n) is 2.95. The van der Waals surface area contributed by atoms with Crippen molar-refractivity contribution in [1.29, 1.82) is 0 Å². The third-order valence-corrected chi connectivity index (χ3v) is 2.95. The SMILES string of the molecule is CCCNC(CC)CCCN(C)CC(C)C. The summed E-state index contributed by atoms with van der Waals surface area (Å²) in [6, 6.07) is 0.729. The molecule has 0 rings (SSSR count). The van der Waals surface area contributed by atoms with Crippen molar-refractivity contribution in [3.63, 3.8) is 0 Å². The summed E-state index contributed by atoms with van der Waals surface area (Å²) in [6.45, 7) is 12.7. The average molecular weight is 228 g/mol. The highest BCUT2D eigenvalue weighted by atomic mass is 15.1. The van der Waals surface area contributed by atoms with E-state index in [0.29, 0.717) is 0 Å². The zero-order valence-electron chi connectivity index (χ0n) is 12.1. The van der Waals surface area contributed by atoms with Crippen LogP contribution < -0.4 is 5.32 Å². The van der Waals surface area contributed by atoms with E-state index in [4.69, 9.17) is 0 Å². The van der Waals surface area contributed by atoms with Gasteiger partial charge in [-0.25, -0.2) is 0 Å². The normalized spacial score (nSPS) is 13.7. The summed E-state index contributed by atoms with van der Waals surface area (Å²) in [6.07, 6.45) is 5.13. The van der Waals surface area contributed by atoms with E-state index < -0.39 is 0 Å². The molecule has 0 aromatic heterocycles. The largest absolute Gasteiger partial charge is 0.314 e. The van der Waals surface area contributed by atoms with Crippen LogP contribution in [0, 0.1) is 5.92 Å². The minimum Gasteiger partial charge on any atom is -0.314 e. The summed E-state index contributed by atoms with van der Waals surface area (Å²) in [5, 5.41) is 3.62. The van der Waals surface area contributed by atoms with E-state index in [2.05, 4.69) is 45.0 Å². The van der Waals surface area contributed by atoms with Crippen LogP contribution in [0.1, 0.15) is 53.4 Å². The summed E-state index contributed by atoms with van der Waals surface area (Å²) in [5.41, 5.74) is 0. The Balaban J connectivity index is 3.53. The van der Waals surface area contributed by atoms with Crippen LogP contribution in [-0.2, 0) is 0 Å². The number of nitrogens with one attached hydrogen (secondary N) is 1. The van der Waals surface area contributed by atoms with Crippen LogP contribution in [0.2, 0.25) is 0 Å². The fourth-order valence-corrected chi connectivity index (χ4v) is 2.12. The molecule has 16 heavy (non-hydrogen) atoms. The molecule has 0 spiro atoms. The fourth-order valence-electron chi connectivity index (χ4n) is 2.12. The Morgan fingerprint density at radius 1 is 1.19 bits per heavy atom. The molecule has 2 heteroatoms. The molecule has 0 saturated heterocycles. The van der Waals surface area contributed by atoms with Crippen molar-refractivity contribution in [2.75, 3.05) is 26.7 Å². The van der Waals surface area contributed by atoms with E-state index in [1.165, 1.54) is 45.3 Å². The molecule has 0 saturated carbocycles. The minimum absolute atomic E-state index is 0.729. The molecule has 0 bridgehead atoms. The molecular formula is C14H32N2. The van der Waals surface area contributed by atoms with E-state index in [9.17, 15) is 0 Å². The van der Waals surface area contributed by atoms with Gasteiger partial charge in [0.05, 0.1) is 0 Å². The topological polar surface area (TPSA) is 15.3 Å². The van der Waals surface area contributed by atoms with Gasteiger partial charge in [-0.05, 0) is 51.7 Å². The van der Waals surface area contributed by atoms with Crippen LogP contribution in [0.3, 0.4) is 0 Å². The highest BCUT2D eigenvalue weighted by Crippen LogP contribution is 2.04. The zero-order chi connectivity index (χ0) is 12.4. The summed E-state index contributed by atoms with van der Waals surface area (Å²) in [4.78, 5) is 2.46. The lowest BCUT2D eigenvalue weighted by Crippen LogP contribution is -2.31. The van der Waals surface area contributed by atoms with Gasteiger partial charge in [0.15, 0.2) is 0 Å². The van der Waals surface area contributed by atoms with Crippen LogP contribution in [0.4, 0.5) is 0 Å². The van der Waals surface area contributed by atoms with Crippen LogP contribution in [0.25, 0.3) is 0 Å². The second-order valence-electron chi connectivity index (χ2n) is 5.36. The molecule has 0 heterocycles. The van der Waals surface area contributed by atoms with Gasteiger partial charge in [0.25, 0.3) is 0 Å². The van der Waals surface area contributed by atoms with Crippen LogP contribution in [0.5, 0.6) is 0 Å². The van der Waals surface area contributed by atoms with Gasteiger partial charge in [-0.15, -0.1) is 0 Å². The second-order valence-corrected chi connectivity index (χ2v) is 5.36. The lowest BCUT2D eigenvalue weighted by atomic mass is 10.1. The quantitative estimate of drug-likeness (QED) is 0.618. The first-order valence-corrected chi connectivity index (χ1v) is 7.02. The molecule has 0 aromatic carbocycles. The van der Waals surface area contributed by atoms with E-state index in [0.717, 1.165) is 12.0 Å². The van der Waals surface area contributed by atoms with Gasteiger partial charge in [-0.1, -0.05) is 27.7 Å². The summed E-state index contributed by atoms with van der Waals surface area (Å²) >= 11 is 0. The molecule has 2 nitrogen and oxygen atoms in total. The molecule has 0 fully saturated rings. The monoisotopic (exact) mass is 228 g/mol. The standard InChI is InChI=1S/C14H32N2/c1-6-10-15-14(7-2)9-8-11-16(5)12-13(3)4/h13-15H,6-12H2,1-5H3. The number of nitrogens with zero attached hydrogens (tertiary/aromatic N) is 1. The molecule has 1 N–H and O–H groups in total. The van der Waals surface area contributed by atoms with Gasteiger partial charge in [-0.2, -0.15) is 0 Å². The van der Waals surface area contributed by atoms with Crippen LogP contribution in [-0.4, -0.2) is 37.6 Å². The third kappa shape index (κ3) is 9.17. The Labute approximate surface area is 103 Å². The Hall–Kier alpha value is -0.0800. The van der Waals surface area contributed by atoms with Gasteiger partial charge < -0.3 is 10.2 Å². The Bertz CT molecular complexity index is 146. The number of hydrogen-bond acceptors (Lipinski definition) is 2. The van der Waals surface area contributed by atoms with Gasteiger partial charge in [0.1, 0.15) is 0 Å². The molecule has 0 aromatic rings. The first-order valence-electron chi connectivity index (χ1n) is 7.02. The Kier molecular flexibility index (Phi) is 10.0. The lowest BCUT2D eigenvalue weighted by molar-refractivity contribution is 0.282. The molecule has 0 amide bonds. The Morgan fingerprint density at radius 3 is 2.38 bits per heavy atom. The van der Waals surface area contributed by atoms with Crippen LogP contribution in [0.15, 0.2) is 0 Å². The molecule has 0 aliphatic rings. The maximum Gasteiger partial charge on any atom is 0.00649 e. The fraction of sp³-hybridized carbons (Fsp3) is 1.00. The van der Waals surface area contributed by atoms with Crippen molar-refractivity contribution in [3.05, 3.63) is 0 Å². The van der Waals surface area contributed by atoms with Crippen molar-refractivity contribution in [1.82, 2.24) is 10.2 Å². The predicted octanol–water partition coefficient (Wildman–Crippen LogP) is 3.13. The highest BCUT2D eigenvalue weighted by Gasteiger charge is 2.06. The van der Waals surface area contributed by atoms with E-state index in [1.807, 2.05) is 0 Å². The van der Waals surface area contributed by atoms with E-state index in [1.54, 1.807) is 0 Å². The predicted molar refractivity (Wildman–Crippen MR) is 73.9 cm³/mol. The van der Waals surface area contributed by atoms with Crippen molar-refractivity contribution in [2.24, 2.45) is 5.92 Å². The Morgan fingerprint density at radius 2 is 1.88 bits per heavy atom. The number of hydrogen-bond donors (Lipinski definition) is 1. The van der Waals surface area contributed by atoms with Gasteiger partial charge in [-0.3, -0.25) is 0 Å². The molecular weight excluding hydrogens is 196 g/mol. The molecule has 0 aliphatic heterocycles. The van der Waals surface area contributed by atoms with Crippen molar-refractivity contribution in [3.8, 4) is 0 Å². The van der Waals surface area contributed by atoms with Gasteiger partial charge in [0, 0.05) is 12.6 Å².